The van der Waals surface area contributed by atoms with Crippen LogP contribution in [0, 0.1) is 0 Å². The SMILES string of the molecule is CC(=O)Nc1ccc(C[NH+](CC[NH+](C)C)Cc2ccccc2)cc1. The Labute approximate surface area is 145 Å². The van der Waals surface area contributed by atoms with E-state index in [0.29, 0.717) is 0 Å². The van der Waals surface area contributed by atoms with Crippen LogP contribution >= 0.6 is 0 Å². The summed E-state index contributed by atoms with van der Waals surface area (Å²) in [6.45, 7) is 5.82. The molecule has 0 radical (unpaired) electrons. The van der Waals surface area contributed by atoms with Gasteiger partial charge in [0, 0.05) is 23.7 Å². The normalized spacial score (nSPS) is 12.2. The first-order valence-electron chi connectivity index (χ1n) is 8.56. The zero-order valence-electron chi connectivity index (χ0n) is 14.9. The van der Waals surface area contributed by atoms with Crippen molar-refractivity contribution in [2.24, 2.45) is 0 Å². The minimum atomic E-state index is -0.0342. The molecular weight excluding hydrogens is 298 g/mol. The van der Waals surface area contributed by atoms with E-state index in [2.05, 4.69) is 61.9 Å². The maximum absolute atomic E-state index is 11.1. The fourth-order valence-electron chi connectivity index (χ4n) is 2.75. The zero-order chi connectivity index (χ0) is 17.4. The number of carbonyl (C=O) groups is 1. The second-order valence-corrected chi connectivity index (χ2v) is 6.67. The Bertz CT molecular complexity index is 623. The predicted molar refractivity (Wildman–Crippen MR) is 98.1 cm³/mol. The lowest BCUT2D eigenvalue weighted by Gasteiger charge is -2.20. The van der Waals surface area contributed by atoms with E-state index in [0.717, 1.165) is 31.9 Å². The highest BCUT2D eigenvalue weighted by atomic mass is 16.1. The smallest absolute Gasteiger partial charge is 0.221 e. The fourth-order valence-corrected chi connectivity index (χ4v) is 2.75. The van der Waals surface area contributed by atoms with E-state index < -0.39 is 0 Å². The summed E-state index contributed by atoms with van der Waals surface area (Å²) in [4.78, 5) is 14.1. The Kier molecular flexibility index (Phi) is 6.97. The molecule has 1 unspecified atom stereocenters. The van der Waals surface area contributed by atoms with Crippen molar-refractivity contribution in [3.05, 3.63) is 65.7 Å². The van der Waals surface area contributed by atoms with Crippen LogP contribution in [0.1, 0.15) is 18.1 Å². The molecular formula is C20H29N3O+2. The molecule has 2 aromatic carbocycles. The van der Waals surface area contributed by atoms with Crippen molar-refractivity contribution in [1.82, 2.24) is 0 Å². The van der Waals surface area contributed by atoms with E-state index in [9.17, 15) is 4.79 Å². The average Bonchev–Trinajstić information content (AvgIpc) is 2.55. The lowest BCUT2D eigenvalue weighted by Crippen LogP contribution is -3.16. The van der Waals surface area contributed by atoms with Gasteiger partial charge >= 0.3 is 0 Å². The molecule has 24 heavy (non-hydrogen) atoms. The number of nitrogens with one attached hydrogen (secondary N) is 3. The van der Waals surface area contributed by atoms with Crippen LogP contribution in [-0.4, -0.2) is 33.1 Å². The van der Waals surface area contributed by atoms with Gasteiger partial charge in [-0.1, -0.05) is 42.5 Å². The van der Waals surface area contributed by atoms with Crippen LogP contribution in [0.2, 0.25) is 0 Å². The van der Waals surface area contributed by atoms with Crippen LogP contribution < -0.4 is 15.1 Å². The molecule has 0 heterocycles. The Morgan fingerprint density at radius 2 is 1.46 bits per heavy atom. The van der Waals surface area contributed by atoms with Gasteiger partial charge in [0.05, 0.1) is 14.1 Å². The molecule has 0 aliphatic carbocycles. The highest BCUT2D eigenvalue weighted by Crippen LogP contribution is 2.08. The van der Waals surface area contributed by atoms with Crippen molar-refractivity contribution in [1.29, 1.82) is 0 Å². The number of likely N-dealkylation sites (N-methyl/N-ethyl adjacent to an activating group) is 1. The summed E-state index contributed by atoms with van der Waals surface area (Å²) in [7, 11) is 4.39. The molecule has 0 spiro atoms. The molecule has 0 aromatic heterocycles. The molecule has 0 bridgehead atoms. The summed E-state index contributed by atoms with van der Waals surface area (Å²) in [6.07, 6.45) is 0. The standard InChI is InChI=1S/C20H27N3O/c1-17(24)21-20-11-9-19(10-12-20)16-23(14-13-22(2)3)15-18-7-5-4-6-8-18/h4-12H,13-16H2,1-3H3,(H,21,24)/p+2. The first-order chi connectivity index (χ1) is 11.5. The van der Waals surface area contributed by atoms with Gasteiger partial charge in [-0.05, 0) is 12.1 Å². The van der Waals surface area contributed by atoms with E-state index in [1.54, 1.807) is 4.90 Å². The summed E-state index contributed by atoms with van der Waals surface area (Å²) >= 11 is 0. The van der Waals surface area contributed by atoms with Gasteiger partial charge in [0.15, 0.2) is 0 Å². The van der Waals surface area contributed by atoms with Crippen molar-refractivity contribution < 1.29 is 14.6 Å². The molecule has 0 aliphatic heterocycles. The molecule has 2 aromatic rings. The molecule has 0 saturated heterocycles. The molecule has 0 fully saturated rings. The Hall–Kier alpha value is -2.17. The van der Waals surface area contributed by atoms with Crippen molar-refractivity contribution in [3.8, 4) is 0 Å². The minimum Gasteiger partial charge on any atom is -0.335 e. The quantitative estimate of drug-likeness (QED) is 0.644. The minimum absolute atomic E-state index is 0.0342. The third kappa shape index (κ3) is 6.52. The summed E-state index contributed by atoms with van der Waals surface area (Å²) in [6, 6.07) is 18.8. The predicted octanol–water partition coefficient (Wildman–Crippen LogP) is 0.375. The number of carbonyl (C=O) groups excluding carboxylic acids is 1. The Balaban J connectivity index is 2.02. The van der Waals surface area contributed by atoms with E-state index in [1.807, 2.05) is 12.1 Å². The number of hydrogen-bond acceptors (Lipinski definition) is 1. The Morgan fingerprint density at radius 1 is 0.875 bits per heavy atom. The first kappa shape index (κ1) is 18.2. The van der Waals surface area contributed by atoms with Crippen molar-refractivity contribution >= 4 is 11.6 Å². The fraction of sp³-hybridized carbons (Fsp3) is 0.350. The van der Waals surface area contributed by atoms with Crippen LogP contribution in [0.15, 0.2) is 54.6 Å². The van der Waals surface area contributed by atoms with Gasteiger partial charge in [-0.25, -0.2) is 0 Å². The average molecular weight is 327 g/mol. The molecule has 2 rings (SSSR count). The molecule has 0 aliphatic rings. The molecule has 4 heteroatoms. The van der Waals surface area contributed by atoms with E-state index in [4.69, 9.17) is 0 Å². The van der Waals surface area contributed by atoms with Gasteiger partial charge < -0.3 is 15.1 Å². The summed E-state index contributed by atoms with van der Waals surface area (Å²) in [5.41, 5.74) is 3.52. The maximum atomic E-state index is 11.1. The third-order valence-electron chi connectivity index (χ3n) is 4.00. The second-order valence-electron chi connectivity index (χ2n) is 6.67. The van der Waals surface area contributed by atoms with E-state index in [-0.39, 0.29) is 5.91 Å². The third-order valence-corrected chi connectivity index (χ3v) is 4.00. The monoisotopic (exact) mass is 327 g/mol. The lowest BCUT2D eigenvalue weighted by atomic mass is 10.1. The highest BCUT2D eigenvalue weighted by Gasteiger charge is 2.12. The number of benzene rings is 2. The number of hydrogen-bond donors (Lipinski definition) is 3. The van der Waals surface area contributed by atoms with Crippen molar-refractivity contribution in [2.45, 2.75) is 20.0 Å². The highest BCUT2D eigenvalue weighted by molar-refractivity contribution is 5.88. The van der Waals surface area contributed by atoms with Crippen LogP contribution in [0.5, 0.6) is 0 Å². The summed E-state index contributed by atoms with van der Waals surface area (Å²) in [5.74, 6) is -0.0342. The number of quaternary nitrogens is 2. The zero-order valence-corrected chi connectivity index (χ0v) is 14.9. The lowest BCUT2D eigenvalue weighted by molar-refractivity contribution is -0.960. The first-order valence-corrected chi connectivity index (χ1v) is 8.56. The Morgan fingerprint density at radius 3 is 2.00 bits per heavy atom. The second kappa shape index (κ2) is 9.21. The molecule has 3 N–H and O–H groups in total. The topological polar surface area (TPSA) is 38.0 Å². The van der Waals surface area contributed by atoms with Crippen LogP contribution in [0.4, 0.5) is 5.69 Å². The van der Waals surface area contributed by atoms with Crippen LogP contribution in [-0.2, 0) is 17.9 Å². The van der Waals surface area contributed by atoms with Crippen LogP contribution in [0.3, 0.4) is 0 Å². The van der Waals surface area contributed by atoms with Crippen LogP contribution in [0.25, 0.3) is 0 Å². The number of amides is 1. The van der Waals surface area contributed by atoms with Gasteiger partial charge in [0.1, 0.15) is 26.2 Å². The molecule has 128 valence electrons. The van der Waals surface area contributed by atoms with Gasteiger partial charge in [-0.2, -0.15) is 0 Å². The molecule has 4 nitrogen and oxygen atoms in total. The molecule has 1 atom stereocenters. The summed E-state index contributed by atoms with van der Waals surface area (Å²) in [5, 5.41) is 2.82. The number of anilines is 1. The van der Waals surface area contributed by atoms with E-state index in [1.165, 1.54) is 23.0 Å². The largest absolute Gasteiger partial charge is 0.335 e. The number of rotatable bonds is 8. The molecule has 0 saturated carbocycles. The van der Waals surface area contributed by atoms with Crippen molar-refractivity contribution in [2.75, 3.05) is 32.5 Å². The van der Waals surface area contributed by atoms with Gasteiger partial charge in [0.2, 0.25) is 5.91 Å². The molecule has 1 amide bonds. The van der Waals surface area contributed by atoms with E-state index >= 15 is 0 Å². The van der Waals surface area contributed by atoms with Gasteiger partial charge in [0.25, 0.3) is 0 Å². The van der Waals surface area contributed by atoms with Gasteiger partial charge in [-0.15, -0.1) is 0 Å². The summed E-state index contributed by atoms with van der Waals surface area (Å²) < 4.78 is 0. The van der Waals surface area contributed by atoms with Crippen molar-refractivity contribution in [3.63, 3.8) is 0 Å². The van der Waals surface area contributed by atoms with Gasteiger partial charge in [-0.3, -0.25) is 4.79 Å². The maximum Gasteiger partial charge on any atom is 0.221 e.